The number of benzene rings is 2. The predicted molar refractivity (Wildman–Crippen MR) is 101 cm³/mol. The SMILES string of the molecule is Cc1cc2c(cc1N1C=CN(c3ccccc3)[C@@H]1C)Cc1nccn1-2. The lowest BCUT2D eigenvalue weighted by Gasteiger charge is -2.31. The summed E-state index contributed by atoms with van der Waals surface area (Å²) in [4.78, 5) is 9.12. The zero-order valence-electron chi connectivity index (χ0n) is 14.4. The van der Waals surface area contributed by atoms with Crippen LogP contribution >= 0.6 is 0 Å². The molecule has 0 N–H and O–H groups in total. The molecule has 0 saturated heterocycles. The Morgan fingerprint density at radius 2 is 1.80 bits per heavy atom. The van der Waals surface area contributed by atoms with E-state index in [1.807, 2.05) is 6.20 Å². The van der Waals surface area contributed by atoms with Crippen molar-refractivity contribution in [3.63, 3.8) is 0 Å². The number of rotatable bonds is 2. The second-order valence-corrected chi connectivity index (χ2v) is 6.74. The van der Waals surface area contributed by atoms with Gasteiger partial charge in [0.05, 0.1) is 5.69 Å². The van der Waals surface area contributed by atoms with Gasteiger partial charge in [0.15, 0.2) is 0 Å². The average molecular weight is 328 g/mol. The summed E-state index contributed by atoms with van der Waals surface area (Å²) < 4.78 is 2.20. The van der Waals surface area contributed by atoms with E-state index in [2.05, 4.69) is 94.3 Å². The second kappa shape index (κ2) is 5.24. The van der Waals surface area contributed by atoms with Crippen LogP contribution in [-0.2, 0) is 6.42 Å². The standard InChI is InChI=1S/C21H20N4/c1-15-12-20-17(14-21-22-8-9-25(20)21)13-19(15)24-11-10-23(16(24)2)18-6-4-3-5-7-18/h3-13,16H,14H2,1-2H3/t16-/m0/s1. The number of aryl methyl sites for hydroxylation is 1. The molecule has 25 heavy (non-hydrogen) atoms. The van der Waals surface area contributed by atoms with Crippen LogP contribution in [0.15, 0.2) is 67.3 Å². The molecule has 124 valence electrons. The highest BCUT2D eigenvalue weighted by molar-refractivity contribution is 5.68. The molecule has 4 heteroatoms. The Hall–Kier alpha value is -3.01. The lowest BCUT2D eigenvalue weighted by molar-refractivity contribution is 0.748. The van der Waals surface area contributed by atoms with E-state index < -0.39 is 0 Å². The molecule has 0 aliphatic carbocycles. The molecular formula is C21H20N4. The van der Waals surface area contributed by atoms with E-state index in [1.54, 1.807) is 0 Å². The molecular weight excluding hydrogens is 308 g/mol. The molecule has 2 aliphatic heterocycles. The molecule has 0 fully saturated rings. The molecule has 5 rings (SSSR count). The lowest BCUT2D eigenvalue weighted by Crippen LogP contribution is -2.36. The van der Waals surface area contributed by atoms with E-state index in [-0.39, 0.29) is 6.17 Å². The number of hydrogen-bond donors (Lipinski definition) is 0. The van der Waals surface area contributed by atoms with E-state index in [9.17, 15) is 0 Å². The zero-order chi connectivity index (χ0) is 17.0. The number of imidazole rings is 1. The van der Waals surface area contributed by atoms with Crippen molar-refractivity contribution in [1.82, 2.24) is 9.55 Å². The van der Waals surface area contributed by atoms with Crippen molar-refractivity contribution in [2.45, 2.75) is 26.4 Å². The molecule has 1 atom stereocenters. The van der Waals surface area contributed by atoms with Gasteiger partial charge < -0.3 is 14.4 Å². The van der Waals surface area contributed by atoms with Gasteiger partial charge in [-0.05, 0) is 49.2 Å². The minimum atomic E-state index is 0.248. The molecule has 0 unspecified atom stereocenters. The first-order chi connectivity index (χ1) is 12.2. The van der Waals surface area contributed by atoms with E-state index in [1.165, 1.54) is 28.2 Å². The first kappa shape index (κ1) is 14.3. The topological polar surface area (TPSA) is 24.3 Å². The fraction of sp³-hybridized carbons (Fsp3) is 0.190. The van der Waals surface area contributed by atoms with Gasteiger partial charge >= 0.3 is 0 Å². The van der Waals surface area contributed by atoms with Gasteiger partial charge in [-0.2, -0.15) is 0 Å². The Morgan fingerprint density at radius 3 is 2.64 bits per heavy atom. The highest BCUT2D eigenvalue weighted by Gasteiger charge is 2.27. The predicted octanol–water partition coefficient (Wildman–Crippen LogP) is 4.23. The number of anilines is 2. The summed E-state index contributed by atoms with van der Waals surface area (Å²) in [6, 6.07) is 15.1. The normalized spacial score (nSPS) is 17.9. The van der Waals surface area contributed by atoms with Crippen LogP contribution in [0.5, 0.6) is 0 Å². The highest BCUT2D eigenvalue weighted by atomic mass is 15.4. The number of aromatic nitrogens is 2. The third kappa shape index (κ3) is 2.10. The maximum absolute atomic E-state index is 4.46. The van der Waals surface area contributed by atoms with Gasteiger partial charge in [0.1, 0.15) is 12.0 Å². The van der Waals surface area contributed by atoms with E-state index in [4.69, 9.17) is 0 Å². The number of para-hydroxylation sites is 1. The summed E-state index contributed by atoms with van der Waals surface area (Å²) in [5, 5.41) is 0. The van der Waals surface area contributed by atoms with Gasteiger partial charge in [-0.25, -0.2) is 4.98 Å². The first-order valence-corrected chi connectivity index (χ1v) is 8.68. The first-order valence-electron chi connectivity index (χ1n) is 8.68. The van der Waals surface area contributed by atoms with Crippen molar-refractivity contribution in [3.8, 4) is 5.69 Å². The van der Waals surface area contributed by atoms with Crippen LogP contribution in [0.2, 0.25) is 0 Å². The van der Waals surface area contributed by atoms with Crippen molar-refractivity contribution in [3.05, 3.63) is 84.2 Å². The fourth-order valence-electron chi connectivity index (χ4n) is 3.93. The molecule has 3 aromatic rings. The monoisotopic (exact) mass is 328 g/mol. The summed E-state index contributed by atoms with van der Waals surface area (Å²) in [5.74, 6) is 1.13. The molecule has 2 aromatic carbocycles. The second-order valence-electron chi connectivity index (χ2n) is 6.74. The quantitative estimate of drug-likeness (QED) is 0.550. The van der Waals surface area contributed by atoms with Crippen molar-refractivity contribution in [1.29, 1.82) is 0 Å². The lowest BCUT2D eigenvalue weighted by atomic mass is 10.1. The van der Waals surface area contributed by atoms with Crippen LogP contribution in [0.3, 0.4) is 0 Å². The van der Waals surface area contributed by atoms with Crippen molar-refractivity contribution < 1.29 is 0 Å². The Labute approximate surface area is 147 Å². The molecule has 3 heterocycles. The molecule has 0 radical (unpaired) electrons. The fourth-order valence-corrected chi connectivity index (χ4v) is 3.93. The zero-order valence-corrected chi connectivity index (χ0v) is 14.4. The maximum atomic E-state index is 4.46. The van der Waals surface area contributed by atoms with Crippen LogP contribution in [0.1, 0.15) is 23.9 Å². The number of nitrogens with zero attached hydrogens (tertiary/aromatic N) is 4. The van der Waals surface area contributed by atoms with Crippen molar-refractivity contribution in [2.24, 2.45) is 0 Å². The van der Waals surface area contributed by atoms with Gasteiger partial charge in [0, 0.05) is 42.6 Å². The van der Waals surface area contributed by atoms with Crippen LogP contribution in [0.4, 0.5) is 11.4 Å². The molecule has 0 bridgehead atoms. The Balaban J connectivity index is 1.50. The summed E-state index contributed by atoms with van der Waals surface area (Å²) in [7, 11) is 0. The molecule has 0 saturated carbocycles. The Kier molecular flexibility index (Phi) is 3.01. The average Bonchev–Trinajstić information content (AvgIpc) is 3.30. The number of fused-ring (bicyclic) bond motifs is 3. The van der Waals surface area contributed by atoms with E-state index in [0.717, 1.165) is 12.2 Å². The molecule has 4 nitrogen and oxygen atoms in total. The van der Waals surface area contributed by atoms with Crippen LogP contribution < -0.4 is 9.80 Å². The van der Waals surface area contributed by atoms with Gasteiger partial charge in [-0.15, -0.1) is 0 Å². The third-order valence-corrected chi connectivity index (χ3v) is 5.25. The smallest absolute Gasteiger partial charge is 0.117 e. The minimum absolute atomic E-state index is 0.248. The Morgan fingerprint density at radius 1 is 1.00 bits per heavy atom. The molecule has 1 aromatic heterocycles. The largest absolute Gasteiger partial charge is 0.326 e. The van der Waals surface area contributed by atoms with E-state index >= 15 is 0 Å². The summed E-state index contributed by atoms with van der Waals surface area (Å²) in [5.41, 5.74) is 6.39. The van der Waals surface area contributed by atoms with Gasteiger partial charge in [0.2, 0.25) is 0 Å². The summed E-state index contributed by atoms with van der Waals surface area (Å²) >= 11 is 0. The minimum Gasteiger partial charge on any atom is -0.326 e. The van der Waals surface area contributed by atoms with Crippen molar-refractivity contribution in [2.75, 3.05) is 9.80 Å². The maximum Gasteiger partial charge on any atom is 0.117 e. The van der Waals surface area contributed by atoms with Gasteiger partial charge in [-0.3, -0.25) is 0 Å². The number of hydrogen-bond acceptors (Lipinski definition) is 3. The van der Waals surface area contributed by atoms with Gasteiger partial charge in [0.25, 0.3) is 0 Å². The van der Waals surface area contributed by atoms with Crippen LogP contribution in [-0.4, -0.2) is 15.7 Å². The van der Waals surface area contributed by atoms with Crippen molar-refractivity contribution >= 4 is 11.4 Å². The van der Waals surface area contributed by atoms with Crippen LogP contribution in [0, 0.1) is 6.92 Å². The van der Waals surface area contributed by atoms with Crippen LogP contribution in [0.25, 0.3) is 5.69 Å². The van der Waals surface area contributed by atoms with E-state index in [0.29, 0.717) is 0 Å². The Bertz CT molecular complexity index is 971. The summed E-state index contributed by atoms with van der Waals surface area (Å²) in [6.07, 6.45) is 9.43. The summed E-state index contributed by atoms with van der Waals surface area (Å²) in [6.45, 7) is 4.43. The third-order valence-electron chi connectivity index (χ3n) is 5.25. The molecule has 0 amide bonds. The highest BCUT2D eigenvalue weighted by Crippen LogP contribution is 2.36. The molecule has 0 spiro atoms. The van der Waals surface area contributed by atoms with Gasteiger partial charge in [-0.1, -0.05) is 18.2 Å². The molecule has 2 aliphatic rings.